The van der Waals surface area contributed by atoms with Crippen molar-refractivity contribution >= 4 is 0 Å². The third-order valence-corrected chi connectivity index (χ3v) is 4.88. The van der Waals surface area contributed by atoms with E-state index in [1.54, 1.807) is 0 Å². The summed E-state index contributed by atoms with van der Waals surface area (Å²) in [7, 11) is 0. The molecule has 3 aromatic carbocycles. The van der Waals surface area contributed by atoms with E-state index in [0.29, 0.717) is 6.79 Å². The molecule has 0 aromatic heterocycles. The molecule has 0 amide bonds. The minimum absolute atomic E-state index is 0.0981. The molecule has 0 aliphatic carbocycles. The molecule has 0 atom stereocenters. The number of ether oxygens (including phenoxy) is 3. The van der Waals surface area contributed by atoms with Gasteiger partial charge >= 0.3 is 0 Å². The summed E-state index contributed by atoms with van der Waals surface area (Å²) in [5.74, 6) is 3.34. The van der Waals surface area contributed by atoms with Crippen LogP contribution in [0.2, 0.25) is 0 Å². The Balaban J connectivity index is 1.43. The van der Waals surface area contributed by atoms with Gasteiger partial charge in [0.25, 0.3) is 0 Å². The highest BCUT2D eigenvalue weighted by molar-refractivity contribution is 5.47. The van der Waals surface area contributed by atoms with Crippen LogP contribution in [0.5, 0.6) is 23.0 Å². The predicted octanol–water partition coefficient (Wildman–Crippen LogP) is 6.28. The summed E-state index contributed by atoms with van der Waals surface area (Å²) in [5, 5.41) is 0. The van der Waals surface area contributed by atoms with Crippen molar-refractivity contribution in [2.45, 2.75) is 25.7 Å². The first-order valence-electron chi connectivity index (χ1n) is 9.50. The average molecular weight is 372 g/mol. The topological polar surface area (TPSA) is 27.7 Å². The molecule has 0 unspecified atom stereocenters. The Labute approximate surface area is 166 Å². The van der Waals surface area contributed by atoms with E-state index in [9.17, 15) is 0 Å². The van der Waals surface area contributed by atoms with Gasteiger partial charge in [0.15, 0.2) is 11.5 Å². The Hall–Kier alpha value is -3.20. The summed E-state index contributed by atoms with van der Waals surface area (Å²) < 4.78 is 16.8. The smallest absolute Gasteiger partial charge is 0.231 e. The highest BCUT2D eigenvalue weighted by Gasteiger charge is 2.21. The lowest BCUT2D eigenvalue weighted by Gasteiger charge is -2.21. The maximum Gasteiger partial charge on any atom is 0.231 e. The van der Waals surface area contributed by atoms with E-state index >= 15 is 0 Å². The van der Waals surface area contributed by atoms with E-state index in [-0.39, 0.29) is 5.41 Å². The number of benzene rings is 3. The van der Waals surface area contributed by atoms with Crippen molar-refractivity contribution in [3.05, 3.63) is 96.1 Å². The van der Waals surface area contributed by atoms with Gasteiger partial charge in [-0.25, -0.2) is 0 Å². The number of fused-ring (bicyclic) bond motifs is 1. The summed E-state index contributed by atoms with van der Waals surface area (Å²) in [6.45, 7) is 4.71. The molecule has 0 spiro atoms. The largest absolute Gasteiger partial charge is 0.457 e. The first-order chi connectivity index (χ1) is 13.6. The second-order valence-electron chi connectivity index (χ2n) is 7.46. The Morgan fingerprint density at radius 3 is 2.50 bits per heavy atom. The molecule has 0 saturated carbocycles. The third kappa shape index (κ3) is 4.20. The van der Waals surface area contributed by atoms with Gasteiger partial charge in [0.2, 0.25) is 6.79 Å². The molecule has 4 rings (SSSR count). The fraction of sp³-hybridized carbons (Fsp3) is 0.200. The first-order valence-corrected chi connectivity index (χ1v) is 9.50. The maximum atomic E-state index is 5.93. The molecule has 0 fully saturated rings. The minimum atomic E-state index is -0.0981. The predicted molar refractivity (Wildman–Crippen MR) is 111 cm³/mol. The molecule has 0 saturated heterocycles. The minimum Gasteiger partial charge on any atom is -0.457 e. The lowest BCUT2D eigenvalue weighted by molar-refractivity contribution is 0.174. The fourth-order valence-electron chi connectivity index (χ4n) is 3.24. The van der Waals surface area contributed by atoms with Gasteiger partial charge < -0.3 is 14.2 Å². The Kier molecular flexibility index (Phi) is 5.07. The van der Waals surface area contributed by atoms with Gasteiger partial charge in [-0.2, -0.15) is 0 Å². The summed E-state index contributed by atoms with van der Waals surface area (Å²) in [5.41, 5.74) is 2.32. The van der Waals surface area contributed by atoms with Crippen molar-refractivity contribution in [1.82, 2.24) is 0 Å². The zero-order chi connectivity index (χ0) is 19.4. The van der Waals surface area contributed by atoms with Gasteiger partial charge in [-0.1, -0.05) is 62.4 Å². The molecule has 1 aliphatic heterocycles. The quantitative estimate of drug-likeness (QED) is 0.476. The second kappa shape index (κ2) is 7.81. The third-order valence-electron chi connectivity index (χ3n) is 4.88. The molecule has 28 heavy (non-hydrogen) atoms. The molecule has 0 bridgehead atoms. The fourth-order valence-corrected chi connectivity index (χ4v) is 3.24. The van der Waals surface area contributed by atoms with E-state index < -0.39 is 0 Å². The molecule has 3 nitrogen and oxygen atoms in total. The van der Waals surface area contributed by atoms with Gasteiger partial charge in [0, 0.05) is 5.41 Å². The van der Waals surface area contributed by atoms with Crippen LogP contribution in [-0.2, 0) is 11.8 Å². The number of para-hydroxylation sites is 1. The van der Waals surface area contributed by atoms with Crippen molar-refractivity contribution in [2.24, 2.45) is 0 Å². The van der Waals surface area contributed by atoms with Crippen molar-refractivity contribution in [3.63, 3.8) is 0 Å². The van der Waals surface area contributed by atoms with Gasteiger partial charge in [0.1, 0.15) is 11.5 Å². The van der Waals surface area contributed by atoms with Gasteiger partial charge in [-0.05, 0) is 53.9 Å². The maximum absolute atomic E-state index is 5.93. The highest BCUT2D eigenvalue weighted by Crippen LogP contribution is 2.37. The molecule has 1 aliphatic rings. The van der Waals surface area contributed by atoms with Crippen molar-refractivity contribution in [3.8, 4) is 23.0 Å². The summed E-state index contributed by atoms with van der Waals surface area (Å²) in [4.78, 5) is 0. The van der Waals surface area contributed by atoms with Gasteiger partial charge in [0.05, 0.1) is 0 Å². The van der Waals surface area contributed by atoms with Crippen LogP contribution in [0.1, 0.15) is 25.0 Å². The van der Waals surface area contributed by atoms with E-state index in [2.05, 4.69) is 50.3 Å². The Morgan fingerprint density at radius 1 is 0.857 bits per heavy atom. The van der Waals surface area contributed by atoms with E-state index in [1.807, 2.05) is 48.5 Å². The Morgan fingerprint density at radius 2 is 1.64 bits per heavy atom. The van der Waals surface area contributed by atoms with Crippen molar-refractivity contribution in [2.75, 3.05) is 6.79 Å². The number of rotatable bonds is 6. The van der Waals surface area contributed by atoms with Crippen LogP contribution in [0, 0.1) is 0 Å². The number of hydrogen-bond acceptors (Lipinski definition) is 3. The zero-order valence-corrected chi connectivity index (χ0v) is 16.2. The first kappa shape index (κ1) is 18.2. The van der Waals surface area contributed by atoms with Crippen molar-refractivity contribution < 1.29 is 14.2 Å². The summed E-state index contributed by atoms with van der Waals surface area (Å²) in [6, 6.07) is 24.2. The number of hydrogen-bond donors (Lipinski definition) is 0. The van der Waals surface area contributed by atoms with Gasteiger partial charge in [-0.15, -0.1) is 0 Å². The van der Waals surface area contributed by atoms with Crippen LogP contribution in [0.25, 0.3) is 0 Å². The summed E-state index contributed by atoms with van der Waals surface area (Å²) >= 11 is 0. The molecule has 3 heteroatoms. The normalized spacial score (nSPS) is 13.1. The van der Waals surface area contributed by atoms with Crippen LogP contribution in [0.3, 0.4) is 0 Å². The average Bonchev–Trinajstić information content (AvgIpc) is 3.17. The lowest BCUT2D eigenvalue weighted by Crippen LogP contribution is -2.13. The van der Waals surface area contributed by atoms with Crippen molar-refractivity contribution in [1.29, 1.82) is 0 Å². The SMILES string of the molecule is CC(C)(/C=C/Cc1cccc(Oc2ccccc2)c1)c1ccc2c(c1)OCO2. The highest BCUT2D eigenvalue weighted by atomic mass is 16.7. The van der Waals surface area contributed by atoms with Crippen LogP contribution >= 0.6 is 0 Å². The molecular formula is C25H24O3. The van der Waals surface area contributed by atoms with Crippen LogP contribution in [0.4, 0.5) is 0 Å². The zero-order valence-electron chi connectivity index (χ0n) is 16.2. The van der Waals surface area contributed by atoms with Crippen LogP contribution < -0.4 is 14.2 Å². The number of allylic oxidation sites excluding steroid dienone is 2. The van der Waals surface area contributed by atoms with E-state index in [4.69, 9.17) is 14.2 Å². The van der Waals surface area contributed by atoms with E-state index in [0.717, 1.165) is 29.4 Å². The molecule has 142 valence electrons. The molecule has 1 heterocycles. The molecule has 0 N–H and O–H groups in total. The van der Waals surface area contributed by atoms with Crippen LogP contribution in [-0.4, -0.2) is 6.79 Å². The lowest BCUT2D eigenvalue weighted by atomic mass is 9.84. The van der Waals surface area contributed by atoms with E-state index in [1.165, 1.54) is 11.1 Å². The van der Waals surface area contributed by atoms with Gasteiger partial charge in [-0.3, -0.25) is 0 Å². The monoisotopic (exact) mass is 372 g/mol. The standard InChI is InChI=1S/C25H24O3/c1-25(2,20-13-14-23-24(17-20)27-18-26-23)15-7-9-19-8-6-12-22(16-19)28-21-10-4-3-5-11-21/h3-8,10-17H,9,18H2,1-2H3/b15-7+. The van der Waals surface area contributed by atoms with Crippen LogP contribution in [0.15, 0.2) is 84.9 Å². The summed E-state index contributed by atoms with van der Waals surface area (Å²) in [6.07, 6.45) is 5.31. The molecule has 3 aromatic rings. The Bertz CT molecular complexity index is 974. The second-order valence-corrected chi connectivity index (χ2v) is 7.46. The molecular weight excluding hydrogens is 348 g/mol. The molecule has 0 radical (unpaired) electrons.